The van der Waals surface area contributed by atoms with Gasteiger partial charge in [0.1, 0.15) is 11.4 Å². The third kappa shape index (κ3) is 1.48. The number of hydrogen-bond donors (Lipinski definition) is 1. The van der Waals surface area contributed by atoms with Crippen LogP contribution in [-0.2, 0) is 0 Å². The van der Waals surface area contributed by atoms with Gasteiger partial charge in [-0.2, -0.15) is 0 Å². The first kappa shape index (κ1) is 8.42. The van der Waals surface area contributed by atoms with E-state index in [0.717, 1.165) is 18.0 Å². The minimum atomic E-state index is -0.0964. The third-order valence-corrected chi connectivity index (χ3v) is 2.31. The normalized spacial score (nSPS) is 18.4. The number of hydrogen-bond acceptors (Lipinski definition) is 2. The molecule has 2 heteroatoms. The van der Waals surface area contributed by atoms with Crippen molar-refractivity contribution in [2.24, 2.45) is 0 Å². The van der Waals surface area contributed by atoms with Gasteiger partial charge in [-0.3, -0.25) is 0 Å². The van der Waals surface area contributed by atoms with Crippen LogP contribution in [0.25, 0.3) is 0 Å². The molecule has 1 aromatic rings. The summed E-state index contributed by atoms with van der Waals surface area (Å²) in [5.41, 5.74) is 2.29. The molecule has 0 unspecified atom stereocenters. The highest BCUT2D eigenvalue weighted by atomic mass is 16.5. The quantitative estimate of drug-likeness (QED) is 0.657. The van der Waals surface area contributed by atoms with Crippen molar-refractivity contribution in [3.8, 4) is 5.75 Å². The van der Waals surface area contributed by atoms with Crippen LogP contribution in [-0.4, -0.2) is 12.1 Å². The van der Waals surface area contributed by atoms with Crippen LogP contribution in [0.15, 0.2) is 18.2 Å². The van der Waals surface area contributed by atoms with Gasteiger partial charge in [-0.05, 0) is 32.4 Å². The van der Waals surface area contributed by atoms with Crippen LogP contribution in [0.5, 0.6) is 5.75 Å². The second-order valence-corrected chi connectivity index (χ2v) is 4.16. The molecule has 1 aliphatic rings. The number of fused-ring (bicyclic) bond motifs is 1. The fourth-order valence-corrected chi connectivity index (χ4v) is 1.59. The minimum Gasteiger partial charge on any atom is -0.484 e. The Morgan fingerprint density at radius 3 is 2.92 bits per heavy atom. The van der Waals surface area contributed by atoms with Gasteiger partial charge in [0.25, 0.3) is 0 Å². The van der Waals surface area contributed by atoms with E-state index in [1.54, 1.807) is 0 Å². The maximum absolute atomic E-state index is 5.84. The van der Waals surface area contributed by atoms with Gasteiger partial charge in [0.2, 0.25) is 0 Å². The van der Waals surface area contributed by atoms with E-state index in [0.29, 0.717) is 0 Å². The zero-order valence-corrected chi connectivity index (χ0v) is 8.35. The van der Waals surface area contributed by atoms with Crippen LogP contribution in [0.1, 0.15) is 19.4 Å². The van der Waals surface area contributed by atoms with E-state index < -0.39 is 0 Å². The molecule has 0 spiro atoms. The SMILES string of the molecule is Cc1cccc2c1NCC(C)(C)O2. The Balaban J connectivity index is 2.42. The summed E-state index contributed by atoms with van der Waals surface area (Å²) in [5, 5.41) is 3.40. The van der Waals surface area contributed by atoms with Crippen LogP contribution >= 0.6 is 0 Å². The zero-order valence-electron chi connectivity index (χ0n) is 8.35. The summed E-state index contributed by atoms with van der Waals surface area (Å²) in [7, 11) is 0. The molecule has 0 atom stereocenters. The third-order valence-electron chi connectivity index (χ3n) is 2.31. The van der Waals surface area contributed by atoms with Crippen LogP contribution in [0, 0.1) is 6.92 Å². The summed E-state index contributed by atoms with van der Waals surface area (Å²) in [6.45, 7) is 7.13. The van der Waals surface area contributed by atoms with Gasteiger partial charge in [-0.1, -0.05) is 12.1 Å². The van der Waals surface area contributed by atoms with Gasteiger partial charge in [0.15, 0.2) is 0 Å². The smallest absolute Gasteiger partial charge is 0.143 e. The van der Waals surface area contributed by atoms with E-state index in [2.05, 4.69) is 32.2 Å². The first-order valence-corrected chi connectivity index (χ1v) is 4.61. The number of aryl methyl sites for hydroxylation is 1. The zero-order chi connectivity index (χ0) is 9.47. The molecule has 0 saturated carbocycles. The molecule has 13 heavy (non-hydrogen) atoms. The largest absolute Gasteiger partial charge is 0.484 e. The molecule has 1 heterocycles. The summed E-state index contributed by atoms with van der Waals surface area (Å²) in [5.74, 6) is 0.969. The summed E-state index contributed by atoms with van der Waals surface area (Å²) >= 11 is 0. The van der Waals surface area contributed by atoms with Crippen LogP contribution in [0.2, 0.25) is 0 Å². The molecule has 0 amide bonds. The van der Waals surface area contributed by atoms with Crippen molar-refractivity contribution < 1.29 is 4.74 Å². The molecular weight excluding hydrogens is 162 g/mol. The van der Waals surface area contributed by atoms with Crippen LogP contribution in [0.3, 0.4) is 0 Å². The lowest BCUT2D eigenvalue weighted by Gasteiger charge is -2.34. The average Bonchev–Trinajstić information content (AvgIpc) is 2.02. The van der Waals surface area contributed by atoms with E-state index in [-0.39, 0.29) is 5.60 Å². The topological polar surface area (TPSA) is 21.3 Å². The molecule has 0 fully saturated rings. The molecule has 1 N–H and O–H groups in total. The lowest BCUT2D eigenvalue weighted by atomic mass is 10.1. The van der Waals surface area contributed by atoms with Crippen molar-refractivity contribution >= 4 is 5.69 Å². The Morgan fingerprint density at radius 2 is 2.15 bits per heavy atom. The molecule has 1 aromatic carbocycles. The summed E-state index contributed by atoms with van der Waals surface area (Å²) in [4.78, 5) is 0. The number of ether oxygens (including phenoxy) is 1. The highest BCUT2D eigenvalue weighted by molar-refractivity contribution is 5.63. The Hall–Kier alpha value is -1.18. The number of para-hydroxylation sites is 1. The molecule has 0 aliphatic carbocycles. The monoisotopic (exact) mass is 177 g/mol. The lowest BCUT2D eigenvalue weighted by Crippen LogP contribution is -2.40. The van der Waals surface area contributed by atoms with Crippen molar-refractivity contribution in [2.45, 2.75) is 26.4 Å². The first-order valence-electron chi connectivity index (χ1n) is 4.61. The lowest BCUT2D eigenvalue weighted by molar-refractivity contribution is 0.116. The maximum atomic E-state index is 5.84. The molecule has 2 rings (SSSR count). The van der Waals surface area contributed by atoms with E-state index in [4.69, 9.17) is 4.74 Å². The molecule has 70 valence electrons. The summed E-state index contributed by atoms with van der Waals surface area (Å²) in [6.07, 6.45) is 0. The summed E-state index contributed by atoms with van der Waals surface area (Å²) in [6, 6.07) is 6.13. The van der Waals surface area contributed by atoms with Crippen molar-refractivity contribution in [1.29, 1.82) is 0 Å². The van der Waals surface area contributed by atoms with Crippen molar-refractivity contribution in [1.82, 2.24) is 0 Å². The first-order chi connectivity index (χ1) is 6.08. The van der Waals surface area contributed by atoms with Crippen molar-refractivity contribution in [2.75, 3.05) is 11.9 Å². The van der Waals surface area contributed by atoms with Gasteiger partial charge in [-0.25, -0.2) is 0 Å². The molecule has 2 nitrogen and oxygen atoms in total. The second-order valence-electron chi connectivity index (χ2n) is 4.16. The molecule has 1 aliphatic heterocycles. The molecular formula is C11H15NO. The average molecular weight is 177 g/mol. The Morgan fingerprint density at radius 1 is 1.38 bits per heavy atom. The highest BCUT2D eigenvalue weighted by Crippen LogP contribution is 2.34. The summed E-state index contributed by atoms with van der Waals surface area (Å²) < 4.78 is 5.84. The molecule has 0 bridgehead atoms. The van der Waals surface area contributed by atoms with Gasteiger partial charge in [0, 0.05) is 0 Å². The van der Waals surface area contributed by atoms with Crippen LogP contribution in [0.4, 0.5) is 5.69 Å². The predicted octanol–water partition coefficient (Wildman–Crippen LogP) is 2.58. The van der Waals surface area contributed by atoms with E-state index in [1.165, 1.54) is 5.56 Å². The molecule has 0 aromatic heterocycles. The maximum Gasteiger partial charge on any atom is 0.143 e. The Kier molecular flexibility index (Phi) is 1.72. The van der Waals surface area contributed by atoms with Crippen molar-refractivity contribution in [3.63, 3.8) is 0 Å². The molecule has 0 saturated heterocycles. The van der Waals surface area contributed by atoms with Crippen LogP contribution < -0.4 is 10.1 Å². The second kappa shape index (κ2) is 2.66. The van der Waals surface area contributed by atoms with Gasteiger partial charge in [-0.15, -0.1) is 0 Å². The Bertz CT molecular complexity index is 331. The fraction of sp³-hybridized carbons (Fsp3) is 0.455. The van der Waals surface area contributed by atoms with Gasteiger partial charge in [0.05, 0.1) is 12.2 Å². The fourth-order valence-electron chi connectivity index (χ4n) is 1.59. The Labute approximate surface area is 78.9 Å². The van der Waals surface area contributed by atoms with E-state index in [1.807, 2.05) is 12.1 Å². The standard InChI is InChI=1S/C11H15NO/c1-8-5-4-6-9-10(8)12-7-11(2,3)13-9/h4-6,12H,7H2,1-3H3. The minimum absolute atomic E-state index is 0.0964. The number of rotatable bonds is 0. The molecule has 0 radical (unpaired) electrons. The van der Waals surface area contributed by atoms with Gasteiger partial charge < -0.3 is 10.1 Å². The van der Waals surface area contributed by atoms with Gasteiger partial charge >= 0.3 is 0 Å². The highest BCUT2D eigenvalue weighted by Gasteiger charge is 2.26. The number of nitrogens with one attached hydrogen (secondary N) is 1. The van der Waals surface area contributed by atoms with Crippen molar-refractivity contribution in [3.05, 3.63) is 23.8 Å². The number of benzene rings is 1. The number of anilines is 1. The van der Waals surface area contributed by atoms with E-state index >= 15 is 0 Å². The van der Waals surface area contributed by atoms with E-state index in [9.17, 15) is 0 Å². The predicted molar refractivity (Wildman–Crippen MR) is 54.4 cm³/mol.